The summed E-state index contributed by atoms with van der Waals surface area (Å²) in [6.07, 6.45) is 4.71. The highest BCUT2D eigenvalue weighted by Gasteiger charge is 2.13. The third-order valence-electron chi connectivity index (χ3n) is 3.44. The number of hydrogen-bond acceptors (Lipinski definition) is 1. The first-order valence-corrected chi connectivity index (χ1v) is 6.06. The van der Waals surface area contributed by atoms with Crippen LogP contribution < -0.4 is 5.69 Å². The molecule has 0 atom stereocenters. The summed E-state index contributed by atoms with van der Waals surface area (Å²) in [6.45, 7) is 1.73. The molecule has 0 saturated heterocycles. The molecule has 0 aliphatic carbocycles. The van der Waals surface area contributed by atoms with Crippen LogP contribution in [0.25, 0.3) is 11.0 Å². The molecule has 2 aromatic rings. The summed E-state index contributed by atoms with van der Waals surface area (Å²) in [5, 5.41) is 0. The van der Waals surface area contributed by atoms with Crippen LogP contribution in [0.5, 0.6) is 0 Å². The number of rotatable bonds is 0. The minimum atomic E-state index is 0.170. The molecule has 0 spiro atoms. The molecule has 0 radical (unpaired) electrons. The number of fused-ring (bicyclic) bond motifs is 5. The average molecular weight is 216 g/mol. The molecule has 0 amide bonds. The van der Waals surface area contributed by atoms with Crippen molar-refractivity contribution in [2.24, 2.45) is 0 Å². The number of aromatic nitrogens is 2. The Hall–Kier alpha value is -1.51. The van der Waals surface area contributed by atoms with E-state index < -0.39 is 0 Å². The van der Waals surface area contributed by atoms with Crippen LogP contribution in [-0.4, -0.2) is 9.13 Å². The van der Waals surface area contributed by atoms with E-state index in [1.54, 1.807) is 0 Å². The molecule has 1 aromatic heterocycles. The molecular weight excluding hydrogens is 200 g/mol. The maximum Gasteiger partial charge on any atom is 0.329 e. The van der Waals surface area contributed by atoms with E-state index in [9.17, 15) is 4.79 Å². The summed E-state index contributed by atoms with van der Waals surface area (Å²) in [7, 11) is 0. The number of hydrogen-bond donors (Lipinski definition) is 0. The zero-order valence-electron chi connectivity index (χ0n) is 9.35. The monoisotopic (exact) mass is 216 g/mol. The van der Waals surface area contributed by atoms with Crippen LogP contribution in [0.2, 0.25) is 0 Å². The minimum absolute atomic E-state index is 0.170. The maximum atomic E-state index is 12.2. The highest BCUT2D eigenvalue weighted by Crippen LogP contribution is 2.16. The molecule has 0 fully saturated rings. The van der Waals surface area contributed by atoms with E-state index >= 15 is 0 Å². The van der Waals surface area contributed by atoms with Gasteiger partial charge in [-0.25, -0.2) is 4.79 Å². The van der Waals surface area contributed by atoms with Crippen LogP contribution in [-0.2, 0) is 13.1 Å². The molecule has 16 heavy (non-hydrogen) atoms. The first-order valence-electron chi connectivity index (χ1n) is 6.06. The van der Waals surface area contributed by atoms with Gasteiger partial charge in [0.2, 0.25) is 0 Å². The fourth-order valence-corrected chi connectivity index (χ4v) is 2.60. The van der Waals surface area contributed by atoms with Crippen molar-refractivity contribution < 1.29 is 0 Å². The zero-order chi connectivity index (χ0) is 11.0. The van der Waals surface area contributed by atoms with Gasteiger partial charge in [-0.3, -0.25) is 9.13 Å². The van der Waals surface area contributed by atoms with Gasteiger partial charge in [0.25, 0.3) is 0 Å². The van der Waals surface area contributed by atoms with Crippen molar-refractivity contribution in [3.05, 3.63) is 34.7 Å². The number of para-hydroxylation sites is 2. The lowest BCUT2D eigenvalue weighted by molar-refractivity contribution is 0.578. The van der Waals surface area contributed by atoms with Crippen molar-refractivity contribution in [1.82, 2.24) is 9.13 Å². The Bertz CT molecular complexity index is 517. The van der Waals surface area contributed by atoms with E-state index in [0.717, 1.165) is 37.0 Å². The first-order chi connectivity index (χ1) is 7.88. The number of benzene rings is 1. The number of nitrogens with zero attached hydrogens (tertiary/aromatic N) is 2. The molecule has 2 bridgehead atoms. The number of imidazole rings is 1. The second kappa shape index (κ2) is 3.81. The van der Waals surface area contributed by atoms with E-state index in [-0.39, 0.29) is 5.69 Å². The van der Waals surface area contributed by atoms with Crippen LogP contribution in [0.15, 0.2) is 29.1 Å². The van der Waals surface area contributed by atoms with Crippen molar-refractivity contribution >= 4 is 11.0 Å². The average Bonchev–Trinajstić information content (AvgIpc) is 2.63. The Morgan fingerprint density at radius 3 is 1.81 bits per heavy atom. The van der Waals surface area contributed by atoms with E-state index in [1.807, 2.05) is 21.3 Å². The SMILES string of the molecule is O=c1n2c3ccccc3n1CCCCCC2. The molecule has 0 unspecified atom stereocenters. The van der Waals surface area contributed by atoms with Gasteiger partial charge in [-0.05, 0) is 25.0 Å². The van der Waals surface area contributed by atoms with Gasteiger partial charge in [0, 0.05) is 13.1 Å². The molecule has 0 N–H and O–H groups in total. The molecular formula is C13H16N2O. The van der Waals surface area contributed by atoms with Gasteiger partial charge in [-0.2, -0.15) is 0 Å². The summed E-state index contributed by atoms with van der Waals surface area (Å²) in [6, 6.07) is 8.12. The molecule has 0 saturated carbocycles. The summed E-state index contributed by atoms with van der Waals surface area (Å²) < 4.78 is 3.86. The standard InChI is InChI=1S/C13H16N2O/c16-13-14-9-5-1-2-6-10-15(13)12-8-4-3-7-11(12)14/h3-4,7-8H,1-2,5-6,9-10H2. The first kappa shape index (κ1) is 9.70. The maximum absolute atomic E-state index is 12.2. The smallest absolute Gasteiger partial charge is 0.292 e. The van der Waals surface area contributed by atoms with Gasteiger partial charge in [0.05, 0.1) is 11.0 Å². The predicted octanol–water partition coefficient (Wildman–Crippen LogP) is 2.38. The van der Waals surface area contributed by atoms with Crippen molar-refractivity contribution in [3.63, 3.8) is 0 Å². The second-order valence-corrected chi connectivity index (χ2v) is 4.49. The van der Waals surface area contributed by atoms with E-state index in [0.29, 0.717) is 0 Å². The zero-order valence-corrected chi connectivity index (χ0v) is 9.35. The van der Waals surface area contributed by atoms with Gasteiger partial charge in [-0.15, -0.1) is 0 Å². The van der Waals surface area contributed by atoms with Crippen LogP contribution in [0.4, 0.5) is 0 Å². The van der Waals surface area contributed by atoms with Gasteiger partial charge in [0.1, 0.15) is 0 Å². The van der Waals surface area contributed by atoms with Gasteiger partial charge in [-0.1, -0.05) is 25.0 Å². The quantitative estimate of drug-likeness (QED) is 0.664. The molecule has 3 rings (SSSR count). The van der Waals surface area contributed by atoms with E-state index in [2.05, 4.69) is 12.1 Å². The molecule has 3 nitrogen and oxygen atoms in total. The lowest BCUT2D eigenvalue weighted by Crippen LogP contribution is -2.23. The summed E-state index contributed by atoms with van der Waals surface area (Å²) in [5.41, 5.74) is 2.35. The molecule has 1 aromatic carbocycles. The van der Waals surface area contributed by atoms with Crippen molar-refractivity contribution in [2.45, 2.75) is 38.8 Å². The van der Waals surface area contributed by atoms with Gasteiger partial charge in [0.15, 0.2) is 0 Å². The van der Waals surface area contributed by atoms with Crippen molar-refractivity contribution in [1.29, 1.82) is 0 Å². The van der Waals surface area contributed by atoms with Crippen molar-refractivity contribution in [3.8, 4) is 0 Å². The van der Waals surface area contributed by atoms with Crippen LogP contribution in [0.1, 0.15) is 25.7 Å². The highest BCUT2D eigenvalue weighted by atomic mass is 16.1. The Balaban J connectivity index is 2.30. The summed E-state index contributed by atoms with van der Waals surface area (Å²) in [5.74, 6) is 0. The lowest BCUT2D eigenvalue weighted by Gasteiger charge is -2.04. The highest BCUT2D eigenvalue weighted by molar-refractivity contribution is 5.75. The van der Waals surface area contributed by atoms with Crippen molar-refractivity contribution in [2.75, 3.05) is 0 Å². The third-order valence-corrected chi connectivity index (χ3v) is 3.44. The third kappa shape index (κ3) is 1.39. The number of aryl methyl sites for hydroxylation is 2. The fraction of sp³-hybridized carbons (Fsp3) is 0.462. The Morgan fingerprint density at radius 2 is 1.31 bits per heavy atom. The molecule has 3 heteroatoms. The van der Waals surface area contributed by atoms with Crippen LogP contribution in [0.3, 0.4) is 0 Å². The Labute approximate surface area is 94.3 Å². The van der Waals surface area contributed by atoms with E-state index in [4.69, 9.17) is 0 Å². The van der Waals surface area contributed by atoms with Gasteiger partial charge < -0.3 is 0 Å². The topological polar surface area (TPSA) is 26.9 Å². The molecule has 1 aliphatic rings. The molecule has 1 aliphatic heterocycles. The van der Waals surface area contributed by atoms with E-state index in [1.165, 1.54) is 12.8 Å². The minimum Gasteiger partial charge on any atom is -0.292 e. The Kier molecular flexibility index (Phi) is 2.31. The van der Waals surface area contributed by atoms with Gasteiger partial charge >= 0.3 is 5.69 Å². The molecule has 84 valence electrons. The lowest BCUT2D eigenvalue weighted by atomic mass is 10.2. The summed E-state index contributed by atoms with van der Waals surface area (Å²) >= 11 is 0. The summed E-state index contributed by atoms with van der Waals surface area (Å²) in [4.78, 5) is 12.2. The fourth-order valence-electron chi connectivity index (χ4n) is 2.60. The molecule has 2 heterocycles. The van der Waals surface area contributed by atoms with Crippen LogP contribution >= 0.6 is 0 Å². The normalized spacial score (nSPS) is 16.8. The predicted molar refractivity (Wildman–Crippen MR) is 64.7 cm³/mol. The second-order valence-electron chi connectivity index (χ2n) is 4.49. The Morgan fingerprint density at radius 1 is 0.812 bits per heavy atom. The van der Waals surface area contributed by atoms with Crippen LogP contribution in [0, 0.1) is 0 Å². The largest absolute Gasteiger partial charge is 0.329 e.